The maximum Gasteiger partial charge on any atom is 0.431 e. The standard InChI is InChI=1S/C25H21F3N2O2/c26-25(27,28)22-15-14-20(24(32)30-22)23(31)29-21-11-5-9-18-17(8-4-10-19(18)21)13-12-16-6-2-1-3-7-16/h1-4,6-8,10,12-15,21H,5,9,11H2,(H,29,31)(H,30,32)/b13-12+. The number of H-pyrrole nitrogens is 1. The van der Waals surface area contributed by atoms with Gasteiger partial charge in [0.15, 0.2) is 0 Å². The zero-order valence-corrected chi connectivity index (χ0v) is 17.1. The Balaban J connectivity index is 1.57. The van der Waals surface area contributed by atoms with Gasteiger partial charge in [0.2, 0.25) is 0 Å². The Morgan fingerprint density at radius 1 is 1.00 bits per heavy atom. The smallest absolute Gasteiger partial charge is 0.345 e. The molecular weight excluding hydrogens is 417 g/mol. The summed E-state index contributed by atoms with van der Waals surface area (Å²) < 4.78 is 38.3. The lowest BCUT2D eigenvalue weighted by atomic mass is 9.84. The molecule has 1 amide bonds. The van der Waals surface area contributed by atoms with Crippen molar-refractivity contribution in [1.29, 1.82) is 0 Å². The second-order valence-electron chi connectivity index (χ2n) is 7.69. The second kappa shape index (κ2) is 8.86. The summed E-state index contributed by atoms with van der Waals surface area (Å²) in [6.45, 7) is 0. The molecule has 2 aromatic carbocycles. The Morgan fingerprint density at radius 3 is 2.50 bits per heavy atom. The number of alkyl halides is 3. The number of nitrogens with one attached hydrogen (secondary N) is 2. The predicted molar refractivity (Wildman–Crippen MR) is 117 cm³/mol. The topological polar surface area (TPSA) is 62.0 Å². The molecular formula is C25H21F3N2O2. The summed E-state index contributed by atoms with van der Waals surface area (Å²) in [5.74, 6) is -0.692. The van der Waals surface area contributed by atoms with E-state index in [2.05, 4.69) is 5.32 Å². The van der Waals surface area contributed by atoms with E-state index in [-0.39, 0.29) is 11.6 Å². The average molecular weight is 438 g/mol. The number of hydrogen-bond donors (Lipinski definition) is 2. The minimum absolute atomic E-state index is 0.321. The van der Waals surface area contributed by atoms with Crippen molar-refractivity contribution in [3.05, 3.63) is 105 Å². The Bertz CT molecular complexity index is 1210. The van der Waals surface area contributed by atoms with E-state index < -0.39 is 23.3 Å². The molecule has 1 unspecified atom stereocenters. The second-order valence-corrected chi connectivity index (χ2v) is 7.69. The monoisotopic (exact) mass is 438 g/mol. The molecule has 0 bridgehead atoms. The van der Waals surface area contributed by atoms with E-state index in [1.807, 2.05) is 60.7 Å². The molecule has 2 N–H and O–H groups in total. The summed E-state index contributed by atoms with van der Waals surface area (Å²) in [5.41, 5.74) is 1.63. The van der Waals surface area contributed by atoms with E-state index in [4.69, 9.17) is 0 Å². The van der Waals surface area contributed by atoms with Gasteiger partial charge < -0.3 is 10.3 Å². The highest BCUT2D eigenvalue weighted by Gasteiger charge is 2.32. The van der Waals surface area contributed by atoms with E-state index in [9.17, 15) is 22.8 Å². The van der Waals surface area contributed by atoms with Crippen LogP contribution >= 0.6 is 0 Å². The van der Waals surface area contributed by atoms with E-state index in [1.54, 1.807) is 4.98 Å². The molecule has 4 nitrogen and oxygen atoms in total. The SMILES string of the molecule is O=C(NC1CCCc2c(/C=C/c3ccccc3)cccc21)c1ccc(C(F)(F)F)[nH]c1=O. The van der Waals surface area contributed by atoms with Crippen LogP contribution in [-0.4, -0.2) is 10.9 Å². The largest absolute Gasteiger partial charge is 0.431 e. The summed E-state index contributed by atoms with van der Waals surface area (Å²) >= 11 is 0. The fraction of sp³-hybridized carbons (Fsp3) is 0.200. The molecule has 0 spiro atoms. The van der Waals surface area contributed by atoms with Crippen LogP contribution in [0.2, 0.25) is 0 Å². The van der Waals surface area contributed by atoms with Gasteiger partial charge in [-0.25, -0.2) is 0 Å². The number of rotatable bonds is 4. The first-order valence-corrected chi connectivity index (χ1v) is 10.3. The highest BCUT2D eigenvalue weighted by Crippen LogP contribution is 2.33. The van der Waals surface area contributed by atoms with E-state index in [0.717, 1.165) is 41.2 Å². The highest BCUT2D eigenvalue weighted by atomic mass is 19.4. The third-order valence-electron chi connectivity index (χ3n) is 5.56. The molecule has 0 saturated carbocycles. The van der Waals surface area contributed by atoms with Gasteiger partial charge >= 0.3 is 6.18 Å². The van der Waals surface area contributed by atoms with Crippen LogP contribution in [0.1, 0.15) is 57.2 Å². The predicted octanol–water partition coefficient (Wildman–Crippen LogP) is 5.37. The lowest BCUT2D eigenvalue weighted by Gasteiger charge is -2.27. The Morgan fingerprint density at radius 2 is 1.78 bits per heavy atom. The normalized spacial score (nSPS) is 16.0. The fourth-order valence-corrected chi connectivity index (χ4v) is 3.99. The molecule has 1 aliphatic rings. The first-order valence-electron chi connectivity index (χ1n) is 10.3. The van der Waals surface area contributed by atoms with E-state index in [0.29, 0.717) is 12.5 Å². The molecule has 1 atom stereocenters. The molecule has 164 valence electrons. The van der Waals surface area contributed by atoms with Crippen molar-refractivity contribution in [2.24, 2.45) is 0 Å². The van der Waals surface area contributed by atoms with Crippen molar-refractivity contribution in [3.63, 3.8) is 0 Å². The van der Waals surface area contributed by atoms with Gasteiger partial charge in [-0.1, -0.05) is 60.7 Å². The number of halogens is 3. The van der Waals surface area contributed by atoms with Gasteiger partial charge in [0.1, 0.15) is 11.3 Å². The number of aromatic amines is 1. The van der Waals surface area contributed by atoms with Crippen LogP contribution in [0.4, 0.5) is 13.2 Å². The van der Waals surface area contributed by atoms with Crippen LogP contribution in [0.25, 0.3) is 12.2 Å². The number of carbonyl (C=O) groups is 1. The molecule has 3 aromatic rings. The molecule has 1 aliphatic carbocycles. The van der Waals surface area contributed by atoms with Crippen molar-refractivity contribution >= 4 is 18.1 Å². The number of amides is 1. The summed E-state index contributed by atoms with van der Waals surface area (Å²) in [5, 5.41) is 2.83. The quantitative estimate of drug-likeness (QED) is 0.538. The lowest BCUT2D eigenvalue weighted by molar-refractivity contribution is -0.141. The molecule has 0 aliphatic heterocycles. The van der Waals surface area contributed by atoms with Gasteiger partial charge in [-0.05, 0) is 53.6 Å². The number of pyridine rings is 1. The molecule has 1 heterocycles. The van der Waals surface area contributed by atoms with Crippen molar-refractivity contribution in [1.82, 2.24) is 10.3 Å². The third-order valence-corrected chi connectivity index (χ3v) is 5.56. The molecule has 4 rings (SSSR count). The summed E-state index contributed by atoms with van der Waals surface area (Å²) in [7, 11) is 0. The Kier molecular flexibility index (Phi) is 5.99. The van der Waals surface area contributed by atoms with Gasteiger partial charge in [-0.3, -0.25) is 9.59 Å². The first kappa shape index (κ1) is 21.6. The lowest BCUT2D eigenvalue weighted by Crippen LogP contribution is -2.35. The third kappa shape index (κ3) is 4.66. The first-order chi connectivity index (χ1) is 15.3. The van der Waals surface area contributed by atoms with Gasteiger partial charge in [-0.15, -0.1) is 0 Å². The molecule has 7 heteroatoms. The fourth-order valence-electron chi connectivity index (χ4n) is 3.99. The number of aromatic nitrogens is 1. The van der Waals surface area contributed by atoms with Gasteiger partial charge in [0, 0.05) is 0 Å². The number of hydrogen-bond acceptors (Lipinski definition) is 2. The molecule has 32 heavy (non-hydrogen) atoms. The molecule has 0 saturated heterocycles. The Labute approximate surface area is 182 Å². The summed E-state index contributed by atoms with van der Waals surface area (Å²) in [6.07, 6.45) is 1.77. The van der Waals surface area contributed by atoms with Crippen LogP contribution in [-0.2, 0) is 12.6 Å². The van der Waals surface area contributed by atoms with Gasteiger partial charge in [0.05, 0.1) is 6.04 Å². The minimum atomic E-state index is -4.68. The van der Waals surface area contributed by atoms with Crippen molar-refractivity contribution < 1.29 is 18.0 Å². The maximum atomic E-state index is 12.8. The molecule has 1 aromatic heterocycles. The molecule has 0 fully saturated rings. The maximum absolute atomic E-state index is 12.8. The number of fused-ring (bicyclic) bond motifs is 1. The van der Waals surface area contributed by atoms with Crippen LogP contribution in [0.3, 0.4) is 0 Å². The zero-order chi connectivity index (χ0) is 22.7. The van der Waals surface area contributed by atoms with Gasteiger partial charge in [0.25, 0.3) is 11.5 Å². The van der Waals surface area contributed by atoms with Crippen molar-refractivity contribution in [2.45, 2.75) is 31.5 Å². The average Bonchev–Trinajstić information content (AvgIpc) is 2.78. The van der Waals surface area contributed by atoms with Crippen molar-refractivity contribution in [2.75, 3.05) is 0 Å². The highest BCUT2D eigenvalue weighted by molar-refractivity contribution is 5.94. The van der Waals surface area contributed by atoms with E-state index in [1.165, 1.54) is 0 Å². The van der Waals surface area contributed by atoms with Crippen LogP contribution in [0.5, 0.6) is 0 Å². The van der Waals surface area contributed by atoms with Crippen LogP contribution in [0, 0.1) is 0 Å². The van der Waals surface area contributed by atoms with Gasteiger partial charge in [-0.2, -0.15) is 13.2 Å². The minimum Gasteiger partial charge on any atom is -0.345 e. The molecule has 0 radical (unpaired) electrons. The van der Waals surface area contributed by atoms with E-state index >= 15 is 0 Å². The Hall–Kier alpha value is -3.61. The number of carbonyl (C=O) groups excluding carboxylic acids is 1. The number of benzene rings is 2. The van der Waals surface area contributed by atoms with Crippen LogP contribution < -0.4 is 10.9 Å². The van der Waals surface area contributed by atoms with Crippen LogP contribution in [0.15, 0.2) is 65.5 Å². The zero-order valence-electron chi connectivity index (χ0n) is 17.1. The summed E-state index contributed by atoms with van der Waals surface area (Å²) in [6, 6.07) is 17.1. The van der Waals surface area contributed by atoms with Crippen molar-refractivity contribution in [3.8, 4) is 0 Å². The summed E-state index contributed by atoms with van der Waals surface area (Å²) in [4.78, 5) is 26.5.